The minimum absolute atomic E-state index is 0.00299. The van der Waals surface area contributed by atoms with Gasteiger partial charge in [0.05, 0.1) is 19.8 Å². The Balaban J connectivity index is 1.77. The summed E-state index contributed by atoms with van der Waals surface area (Å²) in [6, 6.07) is 10.3. The number of ether oxygens (including phenoxy) is 2. The Hall–Kier alpha value is -2.65. The first-order valence-corrected chi connectivity index (χ1v) is 10.1. The van der Waals surface area contributed by atoms with E-state index in [-0.39, 0.29) is 42.4 Å². The average molecular weight is 408 g/mol. The van der Waals surface area contributed by atoms with Crippen molar-refractivity contribution in [2.45, 2.75) is 4.90 Å². The maximum Gasteiger partial charge on any atom is 0.256 e. The number of sulfonamides is 1. The van der Waals surface area contributed by atoms with Gasteiger partial charge in [0.15, 0.2) is 0 Å². The lowest BCUT2D eigenvalue weighted by Gasteiger charge is -2.34. The zero-order chi connectivity index (χ0) is 20.3. The zero-order valence-corrected chi connectivity index (χ0v) is 16.4. The Morgan fingerprint density at radius 3 is 2.29 bits per heavy atom. The maximum atomic E-state index is 13.9. The number of carbonyl (C=O) groups is 1. The summed E-state index contributed by atoms with van der Waals surface area (Å²) in [6.45, 7) is 0.531. The first-order chi connectivity index (χ1) is 13.4. The van der Waals surface area contributed by atoms with Crippen molar-refractivity contribution in [2.24, 2.45) is 0 Å². The van der Waals surface area contributed by atoms with Crippen molar-refractivity contribution in [1.82, 2.24) is 9.21 Å². The molecule has 1 fully saturated rings. The molecule has 0 N–H and O–H groups in total. The van der Waals surface area contributed by atoms with Crippen molar-refractivity contribution in [2.75, 3.05) is 40.4 Å². The lowest BCUT2D eigenvalue weighted by atomic mass is 10.1. The lowest BCUT2D eigenvalue weighted by molar-refractivity contribution is 0.0693. The van der Waals surface area contributed by atoms with Gasteiger partial charge in [-0.1, -0.05) is 12.1 Å². The van der Waals surface area contributed by atoms with E-state index in [1.54, 1.807) is 12.1 Å². The van der Waals surface area contributed by atoms with Crippen molar-refractivity contribution in [3.8, 4) is 11.5 Å². The largest absolute Gasteiger partial charge is 0.497 e. The Morgan fingerprint density at radius 1 is 1.00 bits per heavy atom. The van der Waals surface area contributed by atoms with E-state index >= 15 is 0 Å². The summed E-state index contributed by atoms with van der Waals surface area (Å²) in [5.74, 6) is -0.434. The highest BCUT2D eigenvalue weighted by molar-refractivity contribution is 7.89. The normalized spacial score (nSPS) is 15.3. The number of piperazine rings is 1. The van der Waals surface area contributed by atoms with Crippen LogP contribution >= 0.6 is 0 Å². The molecule has 0 spiro atoms. The minimum atomic E-state index is -3.84. The number of nitrogens with zero attached hydrogens (tertiary/aromatic N) is 2. The van der Waals surface area contributed by atoms with Crippen LogP contribution in [0, 0.1) is 5.82 Å². The van der Waals surface area contributed by atoms with Gasteiger partial charge in [-0.2, -0.15) is 4.31 Å². The number of halogens is 1. The molecular weight excluding hydrogens is 387 g/mol. The van der Waals surface area contributed by atoms with Gasteiger partial charge >= 0.3 is 0 Å². The number of benzene rings is 2. The number of methoxy groups -OCH3 is 2. The number of hydrogen-bond acceptors (Lipinski definition) is 5. The van der Waals surface area contributed by atoms with E-state index in [0.29, 0.717) is 5.75 Å². The number of rotatable bonds is 5. The third-order valence-electron chi connectivity index (χ3n) is 4.62. The maximum absolute atomic E-state index is 13.9. The van der Waals surface area contributed by atoms with Gasteiger partial charge in [-0.05, 0) is 24.3 Å². The summed E-state index contributed by atoms with van der Waals surface area (Å²) in [6.07, 6.45) is 0. The van der Waals surface area contributed by atoms with E-state index in [4.69, 9.17) is 9.47 Å². The molecule has 1 saturated heterocycles. The molecule has 7 nitrogen and oxygen atoms in total. The van der Waals surface area contributed by atoms with E-state index in [1.807, 2.05) is 0 Å². The summed E-state index contributed by atoms with van der Waals surface area (Å²) in [5, 5.41) is 0. The third kappa shape index (κ3) is 3.81. The highest BCUT2D eigenvalue weighted by Gasteiger charge is 2.33. The molecule has 2 aromatic carbocycles. The highest BCUT2D eigenvalue weighted by Crippen LogP contribution is 2.31. The summed E-state index contributed by atoms with van der Waals surface area (Å²) in [7, 11) is -0.999. The molecule has 9 heteroatoms. The topological polar surface area (TPSA) is 76.2 Å². The van der Waals surface area contributed by atoms with Crippen LogP contribution in [0.5, 0.6) is 11.5 Å². The molecule has 28 heavy (non-hydrogen) atoms. The van der Waals surface area contributed by atoms with Crippen LogP contribution in [0.2, 0.25) is 0 Å². The van der Waals surface area contributed by atoms with Gasteiger partial charge in [-0.15, -0.1) is 0 Å². The molecule has 0 aromatic heterocycles. The Kier molecular flexibility index (Phi) is 5.85. The standard InChI is InChI=1S/C19H21FN2O5S/c1-26-14-7-8-17(27-2)18(13-14)28(24,25)22-11-9-21(10-12-22)19(23)15-5-3-4-6-16(15)20/h3-8,13H,9-12H2,1-2H3. The predicted molar refractivity (Wildman–Crippen MR) is 101 cm³/mol. The molecule has 3 rings (SSSR count). The molecular formula is C19H21FN2O5S. The van der Waals surface area contributed by atoms with Gasteiger partial charge in [0.1, 0.15) is 22.2 Å². The molecule has 0 aliphatic carbocycles. The van der Waals surface area contributed by atoms with Crippen molar-refractivity contribution >= 4 is 15.9 Å². The highest BCUT2D eigenvalue weighted by atomic mass is 32.2. The lowest BCUT2D eigenvalue weighted by Crippen LogP contribution is -2.50. The SMILES string of the molecule is COc1ccc(OC)c(S(=O)(=O)N2CCN(C(=O)c3ccccc3F)CC2)c1. The van der Waals surface area contributed by atoms with Gasteiger partial charge in [0.2, 0.25) is 10.0 Å². The fourth-order valence-corrected chi connectivity index (χ4v) is 4.65. The van der Waals surface area contributed by atoms with Gasteiger partial charge in [0, 0.05) is 32.2 Å². The van der Waals surface area contributed by atoms with Crippen molar-refractivity contribution < 1.29 is 27.1 Å². The minimum Gasteiger partial charge on any atom is -0.497 e. The molecule has 0 atom stereocenters. The second kappa shape index (κ2) is 8.15. The molecule has 1 heterocycles. The second-order valence-corrected chi connectivity index (χ2v) is 8.10. The van der Waals surface area contributed by atoms with Crippen LogP contribution in [-0.2, 0) is 10.0 Å². The van der Waals surface area contributed by atoms with E-state index in [2.05, 4.69) is 0 Å². The van der Waals surface area contributed by atoms with Crippen LogP contribution in [0.1, 0.15) is 10.4 Å². The fourth-order valence-electron chi connectivity index (χ4n) is 3.06. The molecule has 0 bridgehead atoms. The molecule has 0 unspecified atom stereocenters. The first-order valence-electron chi connectivity index (χ1n) is 8.64. The van der Waals surface area contributed by atoms with Crippen LogP contribution in [0.15, 0.2) is 47.4 Å². The first kappa shape index (κ1) is 20.1. The van der Waals surface area contributed by atoms with Gasteiger partial charge in [-0.25, -0.2) is 12.8 Å². The van der Waals surface area contributed by atoms with Crippen molar-refractivity contribution in [1.29, 1.82) is 0 Å². The molecule has 2 aromatic rings. The van der Waals surface area contributed by atoms with Crippen LogP contribution in [0.25, 0.3) is 0 Å². The summed E-state index contributed by atoms with van der Waals surface area (Å²) in [4.78, 5) is 14.0. The monoisotopic (exact) mass is 408 g/mol. The van der Waals surface area contributed by atoms with E-state index < -0.39 is 21.7 Å². The van der Waals surface area contributed by atoms with Gasteiger partial charge < -0.3 is 14.4 Å². The summed E-state index contributed by atoms with van der Waals surface area (Å²) in [5.41, 5.74) is -0.0201. The predicted octanol–water partition coefficient (Wildman–Crippen LogP) is 1.99. The number of hydrogen-bond donors (Lipinski definition) is 0. The molecule has 0 radical (unpaired) electrons. The van der Waals surface area contributed by atoms with E-state index in [0.717, 1.165) is 0 Å². The summed E-state index contributed by atoms with van der Waals surface area (Å²) >= 11 is 0. The summed E-state index contributed by atoms with van der Waals surface area (Å²) < 4.78 is 51.6. The Bertz CT molecular complexity index is 972. The van der Waals surface area contributed by atoms with Crippen molar-refractivity contribution in [3.63, 3.8) is 0 Å². The van der Waals surface area contributed by atoms with Crippen LogP contribution in [-0.4, -0.2) is 63.9 Å². The molecule has 1 aliphatic rings. The molecule has 0 saturated carbocycles. The van der Waals surface area contributed by atoms with Crippen molar-refractivity contribution in [3.05, 3.63) is 53.8 Å². The van der Waals surface area contributed by atoms with Gasteiger partial charge in [-0.3, -0.25) is 4.79 Å². The smallest absolute Gasteiger partial charge is 0.256 e. The second-order valence-electron chi connectivity index (χ2n) is 6.19. The van der Waals surface area contributed by atoms with Gasteiger partial charge in [0.25, 0.3) is 5.91 Å². The number of amides is 1. The molecule has 1 aliphatic heterocycles. The Labute approximate surface area is 163 Å². The fraction of sp³-hybridized carbons (Fsp3) is 0.316. The zero-order valence-electron chi connectivity index (χ0n) is 15.6. The molecule has 150 valence electrons. The van der Waals surface area contributed by atoms with E-state index in [1.165, 1.54) is 53.8 Å². The number of carbonyl (C=O) groups excluding carboxylic acids is 1. The average Bonchev–Trinajstić information content (AvgIpc) is 2.73. The molecule has 1 amide bonds. The third-order valence-corrected chi connectivity index (χ3v) is 6.54. The Morgan fingerprint density at radius 2 is 1.68 bits per heavy atom. The van der Waals surface area contributed by atoms with Crippen LogP contribution < -0.4 is 9.47 Å². The quantitative estimate of drug-likeness (QED) is 0.756. The van der Waals surface area contributed by atoms with Crippen LogP contribution in [0.4, 0.5) is 4.39 Å². The van der Waals surface area contributed by atoms with E-state index in [9.17, 15) is 17.6 Å². The van der Waals surface area contributed by atoms with Crippen LogP contribution in [0.3, 0.4) is 0 Å².